The molecule has 0 saturated heterocycles. The summed E-state index contributed by atoms with van der Waals surface area (Å²) in [4.78, 5) is 2.32. The van der Waals surface area contributed by atoms with Crippen LogP contribution < -0.4 is 4.90 Å². The average molecular weight is 704 g/mol. The number of para-hydroxylation sites is 2. The Hall–Kier alpha value is -7.36. The van der Waals surface area contributed by atoms with Gasteiger partial charge in [-0.05, 0) is 99.3 Å². The molecule has 55 heavy (non-hydrogen) atoms. The van der Waals surface area contributed by atoms with Gasteiger partial charge in [0.05, 0.1) is 5.69 Å². The van der Waals surface area contributed by atoms with Gasteiger partial charge in [-0.3, -0.25) is 0 Å². The minimum absolute atomic E-state index is 0.829. The minimum Gasteiger partial charge on any atom is -0.456 e. The summed E-state index contributed by atoms with van der Waals surface area (Å²) >= 11 is 0. The molecule has 0 N–H and O–H groups in total. The number of benzene rings is 9. The van der Waals surface area contributed by atoms with E-state index in [1.165, 1.54) is 21.9 Å². The second-order valence-electron chi connectivity index (χ2n) is 14.1. The van der Waals surface area contributed by atoms with Crippen molar-refractivity contribution in [2.24, 2.45) is 0 Å². The Balaban J connectivity index is 1.14. The van der Waals surface area contributed by atoms with Crippen molar-refractivity contribution in [3.05, 3.63) is 200 Å². The SMILES string of the molecule is c1ccc(-c2cc(-c3ccccc3)c3oc4c(N(c5ccc(-c6ccc7ccccc7c6)cc5)c5ccc6oc7ccccc7c6c5)cccc4c3c2)cc1. The van der Waals surface area contributed by atoms with Gasteiger partial charge in [0.1, 0.15) is 16.7 Å². The van der Waals surface area contributed by atoms with Gasteiger partial charge >= 0.3 is 0 Å². The summed E-state index contributed by atoms with van der Waals surface area (Å²) in [5.41, 5.74) is 13.3. The van der Waals surface area contributed by atoms with Crippen molar-refractivity contribution in [2.75, 3.05) is 4.90 Å². The molecule has 0 unspecified atom stereocenters. The van der Waals surface area contributed by atoms with Crippen LogP contribution in [0.3, 0.4) is 0 Å². The molecule has 0 aliphatic carbocycles. The Morgan fingerprint density at radius 3 is 1.80 bits per heavy atom. The fraction of sp³-hybridized carbons (Fsp3) is 0. The van der Waals surface area contributed by atoms with E-state index in [-0.39, 0.29) is 0 Å². The van der Waals surface area contributed by atoms with E-state index in [0.717, 1.165) is 83.2 Å². The number of anilines is 3. The summed E-state index contributed by atoms with van der Waals surface area (Å²) < 4.78 is 13.4. The monoisotopic (exact) mass is 703 g/mol. The lowest BCUT2D eigenvalue weighted by molar-refractivity contribution is 0.669. The van der Waals surface area contributed by atoms with Crippen molar-refractivity contribution in [1.82, 2.24) is 0 Å². The van der Waals surface area contributed by atoms with Gasteiger partial charge in [-0.25, -0.2) is 0 Å². The third-order valence-electron chi connectivity index (χ3n) is 10.8. The molecule has 0 atom stereocenters. The quantitative estimate of drug-likeness (QED) is 0.173. The summed E-state index contributed by atoms with van der Waals surface area (Å²) in [6, 6.07) is 70.9. The van der Waals surface area contributed by atoms with Crippen LogP contribution in [-0.4, -0.2) is 0 Å². The largest absolute Gasteiger partial charge is 0.456 e. The van der Waals surface area contributed by atoms with Crippen molar-refractivity contribution < 1.29 is 8.83 Å². The van der Waals surface area contributed by atoms with Gasteiger partial charge in [0.15, 0.2) is 5.58 Å². The maximum Gasteiger partial charge on any atom is 0.159 e. The first-order chi connectivity index (χ1) is 27.2. The van der Waals surface area contributed by atoms with Gasteiger partial charge < -0.3 is 13.7 Å². The molecule has 3 nitrogen and oxygen atoms in total. The third-order valence-corrected chi connectivity index (χ3v) is 10.8. The second-order valence-corrected chi connectivity index (χ2v) is 14.1. The first kappa shape index (κ1) is 31.2. The molecule has 0 spiro atoms. The summed E-state index contributed by atoms with van der Waals surface area (Å²) in [7, 11) is 0. The molecule has 0 aliphatic rings. The molecule has 0 aliphatic heterocycles. The van der Waals surface area contributed by atoms with E-state index in [0.29, 0.717) is 0 Å². The summed E-state index contributed by atoms with van der Waals surface area (Å²) in [6.45, 7) is 0. The topological polar surface area (TPSA) is 29.5 Å². The lowest BCUT2D eigenvalue weighted by atomic mass is 9.96. The molecular formula is C52H33NO2. The second kappa shape index (κ2) is 12.6. The van der Waals surface area contributed by atoms with Crippen LogP contribution in [0.2, 0.25) is 0 Å². The Bertz CT molecular complexity index is 3190. The normalized spacial score (nSPS) is 11.6. The Morgan fingerprint density at radius 1 is 0.309 bits per heavy atom. The molecule has 0 bridgehead atoms. The van der Waals surface area contributed by atoms with Crippen LogP contribution >= 0.6 is 0 Å². The maximum absolute atomic E-state index is 7.10. The van der Waals surface area contributed by atoms with Crippen LogP contribution in [0.25, 0.3) is 88.0 Å². The number of hydrogen-bond acceptors (Lipinski definition) is 3. The first-order valence-electron chi connectivity index (χ1n) is 18.7. The standard InChI is InChI=1S/C52H33NO2/c1-3-12-34(13-4-1)40-31-45(37-15-5-2-6-16-37)51-47(32-40)44-19-11-20-48(52(44)55-51)53(42-28-29-50-46(33-42)43-18-9-10-21-49(43)54-50)41-26-24-36(25-27-41)39-23-22-35-14-7-8-17-38(35)30-39/h1-33H. The number of hydrogen-bond donors (Lipinski definition) is 0. The van der Waals surface area contributed by atoms with E-state index in [4.69, 9.17) is 8.83 Å². The van der Waals surface area contributed by atoms with Gasteiger partial charge in [0.2, 0.25) is 0 Å². The van der Waals surface area contributed by atoms with Crippen molar-refractivity contribution in [1.29, 1.82) is 0 Å². The predicted molar refractivity (Wildman–Crippen MR) is 229 cm³/mol. The van der Waals surface area contributed by atoms with E-state index < -0.39 is 0 Å². The van der Waals surface area contributed by atoms with Gasteiger partial charge in [-0.1, -0.05) is 140 Å². The molecule has 0 fully saturated rings. The summed E-state index contributed by atoms with van der Waals surface area (Å²) in [5.74, 6) is 0. The number of fused-ring (bicyclic) bond motifs is 7. The zero-order valence-corrected chi connectivity index (χ0v) is 29.8. The fourth-order valence-electron chi connectivity index (χ4n) is 8.14. The predicted octanol–water partition coefficient (Wildman–Crippen LogP) is 15.1. The van der Waals surface area contributed by atoms with Crippen molar-refractivity contribution in [3.63, 3.8) is 0 Å². The van der Waals surface area contributed by atoms with Crippen molar-refractivity contribution in [3.8, 4) is 33.4 Å². The Labute approximate surface area is 317 Å². The van der Waals surface area contributed by atoms with Gasteiger partial charge in [-0.2, -0.15) is 0 Å². The molecule has 9 aromatic carbocycles. The van der Waals surface area contributed by atoms with E-state index in [1.807, 2.05) is 12.1 Å². The van der Waals surface area contributed by atoms with Crippen molar-refractivity contribution >= 4 is 71.7 Å². The Kier molecular flexibility index (Phi) is 7.17. The molecular weight excluding hydrogens is 671 g/mol. The van der Waals surface area contributed by atoms with Gasteiger partial charge in [0, 0.05) is 38.5 Å². The van der Waals surface area contributed by atoms with Crippen LogP contribution in [0.4, 0.5) is 17.1 Å². The molecule has 0 saturated carbocycles. The lowest BCUT2D eigenvalue weighted by Crippen LogP contribution is -2.10. The number of nitrogens with zero attached hydrogens (tertiary/aromatic N) is 1. The molecule has 11 rings (SSSR count). The smallest absolute Gasteiger partial charge is 0.159 e. The van der Waals surface area contributed by atoms with Gasteiger partial charge in [-0.15, -0.1) is 0 Å². The highest BCUT2D eigenvalue weighted by Crippen LogP contribution is 2.46. The molecule has 258 valence electrons. The van der Waals surface area contributed by atoms with Crippen LogP contribution in [0.1, 0.15) is 0 Å². The maximum atomic E-state index is 7.10. The number of furan rings is 2. The lowest BCUT2D eigenvalue weighted by Gasteiger charge is -2.26. The molecule has 3 heteroatoms. The first-order valence-corrected chi connectivity index (χ1v) is 18.7. The van der Waals surface area contributed by atoms with Crippen LogP contribution in [-0.2, 0) is 0 Å². The molecule has 2 aromatic heterocycles. The fourth-order valence-corrected chi connectivity index (χ4v) is 8.14. The molecule has 0 amide bonds. The highest BCUT2D eigenvalue weighted by molar-refractivity contribution is 6.15. The van der Waals surface area contributed by atoms with Crippen LogP contribution in [0.5, 0.6) is 0 Å². The minimum atomic E-state index is 0.829. The zero-order chi connectivity index (χ0) is 36.3. The van der Waals surface area contributed by atoms with Gasteiger partial charge in [0.25, 0.3) is 0 Å². The average Bonchev–Trinajstić information content (AvgIpc) is 3.83. The Morgan fingerprint density at radius 2 is 0.964 bits per heavy atom. The van der Waals surface area contributed by atoms with Crippen molar-refractivity contribution in [2.45, 2.75) is 0 Å². The number of rotatable bonds is 6. The highest BCUT2D eigenvalue weighted by atomic mass is 16.3. The van der Waals surface area contributed by atoms with E-state index in [9.17, 15) is 0 Å². The summed E-state index contributed by atoms with van der Waals surface area (Å²) in [6.07, 6.45) is 0. The highest BCUT2D eigenvalue weighted by Gasteiger charge is 2.23. The molecule has 0 radical (unpaired) electrons. The summed E-state index contributed by atoms with van der Waals surface area (Å²) in [5, 5.41) is 6.78. The zero-order valence-electron chi connectivity index (χ0n) is 29.8. The van der Waals surface area contributed by atoms with E-state index in [2.05, 4.69) is 193 Å². The van der Waals surface area contributed by atoms with E-state index in [1.54, 1.807) is 0 Å². The van der Waals surface area contributed by atoms with Crippen LogP contribution in [0, 0.1) is 0 Å². The molecule has 11 aromatic rings. The molecule has 2 heterocycles. The van der Waals surface area contributed by atoms with E-state index >= 15 is 0 Å². The van der Waals surface area contributed by atoms with Crippen LogP contribution in [0.15, 0.2) is 209 Å². The third kappa shape index (κ3) is 5.28.